The van der Waals surface area contributed by atoms with Crippen LogP contribution in [0, 0.1) is 13.8 Å². The highest BCUT2D eigenvalue weighted by atomic mass is 14.8. The van der Waals surface area contributed by atoms with Gasteiger partial charge in [0.25, 0.3) is 0 Å². The molecule has 90 valence electrons. The minimum atomic E-state index is 1.09. The largest absolute Gasteiger partial charge is 0.362 e. The number of allylic oxidation sites excluding steroid dienone is 2. The van der Waals surface area contributed by atoms with E-state index in [-0.39, 0.29) is 0 Å². The molecule has 0 aliphatic carbocycles. The highest BCUT2D eigenvalue weighted by Gasteiger charge is 2.23. The van der Waals surface area contributed by atoms with Crippen molar-refractivity contribution in [1.29, 1.82) is 0 Å². The topological polar surface area (TPSA) is 29.8 Å². The van der Waals surface area contributed by atoms with Crippen LogP contribution in [0.4, 0.5) is 0 Å². The van der Waals surface area contributed by atoms with Crippen molar-refractivity contribution in [2.45, 2.75) is 41.0 Å². The van der Waals surface area contributed by atoms with Crippen LogP contribution >= 0.6 is 0 Å². The summed E-state index contributed by atoms with van der Waals surface area (Å²) in [6.45, 7) is 10.8. The van der Waals surface area contributed by atoms with Crippen LogP contribution in [-0.2, 0) is 0 Å². The van der Waals surface area contributed by atoms with Gasteiger partial charge in [0.2, 0.25) is 5.70 Å². The molecular formula is C15H21N2+. The number of hydrogen-bond donors (Lipinski definition) is 2. The summed E-state index contributed by atoms with van der Waals surface area (Å²) in [4.78, 5) is 6.82. The Morgan fingerprint density at radius 1 is 1.24 bits per heavy atom. The third kappa shape index (κ3) is 2.12. The Bertz CT molecular complexity index is 539. The zero-order chi connectivity index (χ0) is 12.6. The van der Waals surface area contributed by atoms with Gasteiger partial charge in [-0.2, -0.15) is 0 Å². The van der Waals surface area contributed by atoms with Gasteiger partial charge in [0.05, 0.1) is 0 Å². The number of aromatic amines is 1. The molecule has 2 heterocycles. The van der Waals surface area contributed by atoms with E-state index in [1.54, 1.807) is 0 Å². The zero-order valence-corrected chi connectivity index (χ0v) is 11.4. The van der Waals surface area contributed by atoms with Gasteiger partial charge in [-0.3, -0.25) is 0 Å². The minimum absolute atomic E-state index is 1.09. The maximum Gasteiger partial charge on any atom is 0.207 e. The lowest BCUT2D eigenvalue weighted by Crippen LogP contribution is -2.67. The quantitative estimate of drug-likeness (QED) is 0.779. The number of aryl methyl sites for hydroxylation is 2. The Morgan fingerprint density at radius 3 is 2.41 bits per heavy atom. The van der Waals surface area contributed by atoms with Gasteiger partial charge in [-0.05, 0) is 33.3 Å². The SMILES string of the molecule is CCC1=C(C)/C(=C/c2cc(C)[nH]c2C)[NH+]=C1C. The number of H-pyrrole nitrogens is 1. The molecule has 0 fully saturated rings. The Balaban J connectivity index is 2.44. The van der Waals surface area contributed by atoms with Gasteiger partial charge in [0, 0.05) is 41.1 Å². The lowest BCUT2D eigenvalue weighted by atomic mass is 10.0. The Hall–Kier alpha value is -1.57. The van der Waals surface area contributed by atoms with E-state index < -0.39 is 0 Å². The highest BCUT2D eigenvalue weighted by Crippen LogP contribution is 2.20. The molecule has 17 heavy (non-hydrogen) atoms. The van der Waals surface area contributed by atoms with E-state index in [9.17, 15) is 0 Å². The molecule has 0 radical (unpaired) electrons. The molecule has 0 spiro atoms. The molecule has 2 heteroatoms. The van der Waals surface area contributed by atoms with E-state index in [1.807, 2.05) is 0 Å². The van der Waals surface area contributed by atoms with Crippen LogP contribution in [0.15, 0.2) is 22.9 Å². The van der Waals surface area contributed by atoms with Gasteiger partial charge in [-0.1, -0.05) is 6.92 Å². The summed E-state index contributed by atoms with van der Waals surface area (Å²) in [5.41, 5.74) is 9.07. The smallest absolute Gasteiger partial charge is 0.207 e. The first-order valence-corrected chi connectivity index (χ1v) is 6.22. The van der Waals surface area contributed by atoms with Gasteiger partial charge >= 0.3 is 0 Å². The maximum absolute atomic E-state index is 3.48. The molecule has 1 aliphatic heterocycles. The summed E-state index contributed by atoms with van der Waals surface area (Å²) in [6.07, 6.45) is 3.33. The van der Waals surface area contributed by atoms with Crippen LogP contribution < -0.4 is 4.99 Å². The summed E-state index contributed by atoms with van der Waals surface area (Å²) < 4.78 is 0. The van der Waals surface area contributed by atoms with Crippen LogP contribution in [0.3, 0.4) is 0 Å². The van der Waals surface area contributed by atoms with E-state index in [0.717, 1.165) is 6.42 Å². The van der Waals surface area contributed by atoms with Crippen LogP contribution in [0.25, 0.3) is 6.08 Å². The fourth-order valence-electron chi connectivity index (χ4n) is 2.54. The first-order valence-electron chi connectivity index (χ1n) is 6.22. The molecule has 2 N–H and O–H groups in total. The maximum atomic E-state index is 3.48. The molecule has 0 aromatic carbocycles. The molecule has 0 saturated carbocycles. The molecular weight excluding hydrogens is 208 g/mol. The predicted octanol–water partition coefficient (Wildman–Crippen LogP) is 2.25. The summed E-state index contributed by atoms with van der Waals surface area (Å²) in [6, 6.07) is 2.19. The first kappa shape index (κ1) is 11.9. The molecule has 1 aromatic heterocycles. The lowest BCUT2D eigenvalue weighted by Gasteiger charge is -1.94. The fraction of sp³-hybridized carbons (Fsp3) is 0.400. The Labute approximate surface area is 103 Å². The van der Waals surface area contributed by atoms with Crippen molar-refractivity contribution in [3.8, 4) is 0 Å². The van der Waals surface area contributed by atoms with Gasteiger partial charge in [-0.25, -0.2) is 4.99 Å². The third-order valence-corrected chi connectivity index (χ3v) is 3.47. The standard InChI is InChI=1S/C15H20N2/c1-6-14-10(3)15(17-12(14)5)8-13-7-9(2)16-11(13)4/h7-8,16H,6H2,1-5H3/p+1/b15-8-. The number of aromatic nitrogens is 1. The average molecular weight is 229 g/mol. The molecule has 1 aliphatic rings. The normalized spacial score (nSPS) is 18.2. The molecule has 0 atom stereocenters. The minimum Gasteiger partial charge on any atom is -0.362 e. The number of hydrogen-bond acceptors (Lipinski definition) is 0. The van der Waals surface area contributed by atoms with E-state index in [2.05, 4.69) is 56.7 Å². The van der Waals surface area contributed by atoms with Crippen molar-refractivity contribution in [3.63, 3.8) is 0 Å². The van der Waals surface area contributed by atoms with Crippen molar-refractivity contribution in [2.24, 2.45) is 0 Å². The summed E-state index contributed by atoms with van der Waals surface area (Å²) >= 11 is 0. The monoisotopic (exact) mass is 229 g/mol. The van der Waals surface area contributed by atoms with E-state index in [1.165, 1.54) is 39.5 Å². The van der Waals surface area contributed by atoms with Crippen molar-refractivity contribution in [3.05, 3.63) is 39.9 Å². The van der Waals surface area contributed by atoms with Crippen molar-refractivity contribution < 1.29 is 4.99 Å². The van der Waals surface area contributed by atoms with Crippen molar-refractivity contribution in [2.75, 3.05) is 0 Å². The summed E-state index contributed by atoms with van der Waals surface area (Å²) in [5, 5.41) is 0. The molecule has 0 unspecified atom stereocenters. The van der Waals surface area contributed by atoms with Crippen LogP contribution in [0.2, 0.25) is 0 Å². The molecule has 0 amide bonds. The molecule has 1 aromatic rings. The van der Waals surface area contributed by atoms with Crippen molar-refractivity contribution in [1.82, 2.24) is 4.98 Å². The molecule has 0 saturated heterocycles. The summed E-state index contributed by atoms with van der Waals surface area (Å²) in [5.74, 6) is 0. The Morgan fingerprint density at radius 2 is 1.94 bits per heavy atom. The van der Waals surface area contributed by atoms with Gasteiger partial charge in [-0.15, -0.1) is 0 Å². The van der Waals surface area contributed by atoms with Gasteiger partial charge in [0.15, 0.2) is 5.71 Å². The highest BCUT2D eigenvalue weighted by molar-refractivity contribution is 5.97. The Kier molecular flexibility index (Phi) is 3.05. The van der Waals surface area contributed by atoms with E-state index >= 15 is 0 Å². The van der Waals surface area contributed by atoms with Crippen LogP contribution in [-0.4, -0.2) is 10.7 Å². The molecule has 0 bridgehead atoms. The van der Waals surface area contributed by atoms with Crippen molar-refractivity contribution >= 4 is 11.8 Å². The summed E-state index contributed by atoms with van der Waals surface area (Å²) in [7, 11) is 0. The predicted molar refractivity (Wildman–Crippen MR) is 72.9 cm³/mol. The second kappa shape index (κ2) is 4.36. The van der Waals surface area contributed by atoms with Gasteiger partial charge in [0.1, 0.15) is 0 Å². The molecule has 2 rings (SSSR count). The second-order valence-electron chi connectivity index (χ2n) is 4.80. The van der Waals surface area contributed by atoms with E-state index in [0.29, 0.717) is 0 Å². The van der Waals surface area contributed by atoms with E-state index in [4.69, 9.17) is 0 Å². The number of rotatable bonds is 2. The van der Waals surface area contributed by atoms with Crippen LogP contribution in [0.5, 0.6) is 0 Å². The average Bonchev–Trinajstić information content (AvgIpc) is 2.69. The second-order valence-corrected chi connectivity index (χ2v) is 4.80. The third-order valence-electron chi connectivity index (χ3n) is 3.47. The molecule has 2 nitrogen and oxygen atoms in total. The zero-order valence-electron chi connectivity index (χ0n) is 11.4. The van der Waals surface area contributed by atoms with Gasteiger partial charge < -0.3 is 4.98 Å². The first-order chi connectivity index (χ1) is 8.02. The lowest BCUT2D eigenvalue weighted by molar-refractivity contribution is -0.386. The fourth-order valence-corrected chi connectivity index (χ4v) is 2.54. The number of nitrogens with one attached hydrogen (secondary N) is 2. The van der Waals surface area contributed by atoms with Crippen LogP contribution in [0.1, 0.15) is 44.1 Å².